The van der Waals surface area contributed by atoms with Gasteiger partial charge < -0.3 is 15.8 Å². The van der Waals surface area contributed by atoms with Gasteiger partial charge in [0.25, 0.3) is 0 Å². The molecule has 0 saturated carbocycles. The number of rotatable bonds is 5. The summed E-state index contributed by atoms with van der Waals surface area (Å²) >= 11 is 0. The molecule has 1 aromatic carbocycles. The largest absolute Gasteiger partial charge is 0.489 e. The van der Waals surface area contributed by atoms with Crippen LogP contribution in [-0.2, 0) is 0 Å². The maximum atomic E-state index is 5.76. The van der Waals surface area contributed by atoms with Crippen LogP contribution in [0.1, 0.15) is 25.3 Å². The van der Waals surface area contributed by atoms with E-state index in [-0.39, 0.29) is 6.04 Å². The molecule has 19 heavy (non-hydrogen) atoms. The average Bonchev–Trinajstić information content (AvgIpc) is 2.46. The summed E-state index contributed by atoms with van der Waals surface area (Å²) in [5.41, 5.74) is 8.03. The molecule has 1 heterocycles. The fraction of sp³-hybridized carbons (Fsp3) is 0.375. The Morgan fingerprint density at radius 3 is 2.53 bits per heavy atom. The molecule has 102 valence electrons. The standard InChI is InChI=1S/C16H22N2O/c1-12(2)14-4-7-16(8-5-14)19-11-13-3-6-15(9-17)18-10-13/h3-8,10,12,15,18H,9,11,17H2,1-2H3. The fourth-order valence-electron chi connectivity index (χ4n) is 1.91. The molecule has 3 nitrogen and oxygen atoms in total. The first kappa shape index (κ1) is 13.7. The van der Waals surface area contributed by atoms with Crippen molar-refractivity contribution in [2.75, 3.05) is 13.2 Å². The highest BCUT2D eigenvalue weighted by molar-refractivity contribution is 5.30. The summed E-state index contributed by atoms with van der Waals surface area (Å²) in [5.74, 6) is 1.45. The van der Waals surface area contributed by atoms with E-state index in [1.165, 1.54) is 5.56 Å². The third kappa shape index (κ3) is 3.86. The van der Waals surface area contributed by atoms with E-state index in [9.17, 15) is 0 Å². The van der Waals surface area contributed by atoms with Crippen LogP contribution in [0.2, 0.25) is 0 Å². The van der Waals surface area contributed by atoms with E-state index in [0.29, 0.717) is 19.1 Å². The zero-order chi connectivity index (χ0) is 13.7. The summed E-state index contributed by atoms with van der Waals surface area (Å²) in [4.78, 5) is 0. The van der Waals surface area contributed by atoms with Crippen LogP contribution in [0.4, 0.5) is 0 Å². The molecule has 2 rings (SSSR count). The third-order valence-electron chi connectivity index (χ3n) is 3.23. The zero-order valence-corrected chi connectivity index (χ0v) is 11.6. The van der Waals surface area contributed by atoms with E-state index >= 15 is 0 Å². The van der Waals surface area contributed by atoms with Crippen molar-refractivity contribution in [3.8, 4) is 5.75 Å². The molecule has 0 fully saturated rings. The fourth-order valence-corrected chi connectivity index (χ4v) is 1.91. The first-order valence-corrected chi connectivity index (χ1v) is 6.75. The Bertz CT molecular complexity index is 460. The minimum atomic E-state index is 0.245. The first-order valence-electron chi connectivity index (χ1n) is 6.75. The van der Waals surface area contributed by atoms with Crippen molar-refractivity contribution in [1.82, 2.24) is 5.32 Å². The Balaban J connectivity index is 1.86. The average molecular weight is 258 g/mol. The van der Waals surface area contributed by atoms with Gasteiger partial charge in [-0.2, -0.15) is 0 Å². The van der Waals surface area contributed by atoms with Crippen molar-refractivity contribution in [2.24, 2.45) is 5.73 Å². The minimum Gasteiger partial charge on any atom is -0.489 e. The van der Waals surface area contributed by atoms with Crippen molar-refractivity contribution in [2.45, 2.75) is 25.8 Å². The molecule has 1 aliphatic rings. The molecule has 0 bridgehead atoms. The van der Waals surface area contributed by atoms with E-state index in [1.54, 1.807) is 0 Å². The smallest absolute Gasteiger partial charge is 0.119 e. The van der Waals surface area contributed by atoms with Gasteiger partial charge in [-0.15, -0.1) is 0 Å². The van der Waals surface area contributed by atoms with Gasteiger partial charge >= 0.3 is 0 Å². The maximum Gasteiger partial charge on any atom is 0.119 e. The monoisotopic (exact) mass is 258 g/mol. The van der Waals surface area contributed by atoms with Crippen molar-refractivity contribution in [3.05, 3.63) is 53.8 Å². The van der Waals surface area contributed by atoms with Gasteiger partial charge in [0.05, 0.1) is 6.04 Å². The second-order valence-electron chi connectivity index (χ2n) is 5.10. The Kier molecular flexibility index (Phi) is 4.63. The van der Waals surface area contributed by atoms with E-state index < -0.39 is 0 Å². The SMILES string of the molecule is CC(C)c1ccc(OCC2=CNC(CN)C=C2)cc1. The van der Waals surface area contributed by atoms with Gasteiger partial charge in [0, 0.05) is 18.3 Å². The lowest BCUT2D eigenvalue weighted by Gasteiger charge is -2.17. The van der Waals surface area contributed by atoms with Gasteiger partial charge in [-0.05, 0) is 23.6 Å². The van der Waals surface area contributed by atoms with Crippen molar-refractivity contribution < 1.29 is 4.74 Å². The topological polar surface area (TPSA) is 47.3 Å². The Labute approximate surface area is 115 Å². The molecule has 0 aliphatic carbocycles. The van der Waals surface area contributed by atoms with E-state index in [1.807, 2.05) is 18.3 Å². The van der Waals surface area contributed by atoms with Gasteiger partial charge in [0.15, 0.2) is 0 Å². The van der Waals surface area contributed by atoms with Gasteiger partial charge in [-0.1, -0.05) is 38.1 Å². The molecule has 3 heteroatoms. The lowest BCUT2D eigenvalue weighted by molar-refractivity contribution is 0.353. The summed E-state index contributed by atoms with van der Waals surface area (Å²) in [7, 11) is 0. The number of hydrogen-bond donors (Lipinski definition) is 2. The molecule has 0 spiro atoms. The lowest BCUT2D eigenvalue weighted by Crippen LogP contribution is -2.32. The maximum absolute atomic E-state index is 5.76. The van der Waals surface area contributed by atoms with Crippen LogP contribution < -0.4 is 15.8 Å². The second kappa shape index (κ2) is 6.43. The highest BCUT2D eigenvalue weighted by Gasteiger charge is 2.06. The first-order chi connectivity index (χ1) is 9.19. The van der Waals surface area contributed by atoms with Crippen LogP contribution in [0.25, 0.3) is 0 Å². The molecule has 0 saturated heterocycles. The number of benzene rings is 1. The number of ether oxygens (including phenoxy) is 1. The van der Waals surface area contributed by atoms with Gasteiger partial charge in [-0.3, -0.25) is 0 Å². The summed E-state index contributed by atoms with van der Waals surface area (Å²) in [6.45, 7) is 5.56. The highest BCUT2D eigenvalue weighted by Crippen LogP contribution is 2.19. The molecule has 0 amide bonds. The summed E-state index contributed by atoms with van der Waals surface area (Å²) in [5, 5.41) is 3.23. The van der Waals surface area contributed by atoms with Crippen LogP contribution in [0.5, 0.6) is 5.75 Å². The number of hydrogen-bond acceptors (Lipinski definition) is 3. The van der Waals surface area contributed by atoms with E-state index in [0.717, 1.165) is 11.3 Å². The lowest BCUT2D eigenvalue weighted by atomic mass is 10.0. The molecule has 0 aromatic heterocycles. The van der Waals surface area contributed by atoms with Crippen molar-refractivity contribution >= 4 is 0 Å². The predicted octanol–water partition coefficient (Wildman–Crippen LogP) is 2.56. The molecule has 1 aliphatic heterocycles. The number of dihydropyridines is 1. The summed E-state index contributed by atoms with van der Waals surface area (Å²) in [6.07, 6.45) is 6.11. The van der Waals surface area contributed by atoms with Crippen molar-refractivity contribution in [1.29, 1.82) is 0 Å². The Morgan fingerprint density at radius 2 is 2.00 bits per heavy atom. The van der Waals surface area contributed by atoms with Crippen LogP contribution in [0.3, 0.4) is 0 Å². The molecular formula is C16H22N2O. The molecule has 0 radical (unpaired) electrons. The summed E-state index contributed by atoms with van der Waals surface area (Å²) in [6, 6.07) is 8.53. The molecule has 1 unspecified atom stereocenters. The molecule has 3 N–H and O–H groups in total. The van der Waals surface area contributed by atoms with Gasteiger partial charge in [-0.25, -0.2) is 0 Å². The number of nitrogens with two attached hydrogens (primary N) is 1. The van der Waals surface area contributed by atoms with Crippen LogP contribution in [-0.4, -0.2) is 19.2 Å². The van der Waals surface area contributed by atoms with E-state index in [2.05, 4.69) is 43.4 Å². The third-order valence-corrected chi connectivity index (χ3v) is 3.23. The van der Waals surface area contributed by atoms with Crippen LogP contribution in [0, 0.1) is 0 Å². The highest BCUT2D eigenvalue weighted by atomic mass is 16.5. The molecule has 1 aromatic rings. The van der Waals surface area contributed by atoms with Gasteiger partial charge in [0.2, 0.25) is 0 Å². The predicted molar refractivity (Wildman–Crippen MR) is 79.2 cm³/mol. The Hall–Kier alpha value is -1.74. The quantitative estimate of drug-likeness (QED) is 0.853. The zero-order valence-electron chi connectivity index (χ0n) is 11.6. The normalized spacial score (nSPS) is 18.1. The Morgan fingerprint density at radius 1 is 1.26 bits per heavy atom. The number of nitrogens with one attached hydrogen (secondary N) is 1. The van der Waals surface area contributed by atoms with Crippen molar-refractivity contribution in [3.63, 3.8) is 0 Å². The van der Waals surface area contributed by atoms with Crippen LogP contribution in [0.15, 0.2) is 48.2 Å². The van der Waals surface area contributed by atoms with Crippen LogP contribution >= 0.6 is 0 Å². The minimum absolute atomic E-state index is 0.245. The summed E-state index contributed by atoms with van der Waals surface area (Å²) < 4.78 is 5.76. The molecular weight excluding hydrogens is 236 g/mol. The van der Waals surface area contributed by atoms with E-state index in [4.69, 9.17) is 10.5 Å². The molecule has 1 atom stereocenters. The second-order valence-corrected chi connectivity index (χ2v) is 5.10. The van der Waals surface area contributed by atoms with Gasteiger partial charge in [0.1, 0.15) is 12.4 Å².